The Morgan fingerprint density at radius 3 is 2.78 bits per heavy atom. The first-order chi connectivity index (χ1) is 8.58. The summed E-state index contributed by atoms with van der Waals surface area (Å²) in [4.78, 5) is 11.6. The van der Waals surface area contributed by atoms with Gasteiger partial charge in [0.1, 0.15) is 5.75 Å². The van der Waals surface area contributed by atoms with Crippen LogP contribution >= 0.6 is 23.2 Å². The van der Waals surface area contributed by atoms with E-state index in [-0.39, 0.29) is 22.3 Å². The van der Waals surface area contributed by atoms with E-state index in [9.17, 15) is 9.90 Å². The summed E-state index contributed by atoms with van der Waals surface area (Å²) in [7, 11) is 0. The number of furan rings is 1. The number of phenolic OH excluding ortho intramolecular Hbond substituents is 1. The maximum atomic E-state index is 11.6. The van der Waals surface area contributed by atoms with E-state index in [1.54, 1.807) is 12.1 Å². The normalized spacial score (nSPS) is 11.0. The first-order valence-electron chi connectivity index (χ1n) is 5.02. The number of allylic oxidation sites excluding steroid dienone is 1. The second-order valence-corrected chi connectivity index (χ2v) is 4.34. The lowest BCUT2D eigenvalue weighted by molar-refractivity contribution is 0.102. The van der Waals surface area contributed by atoms with E-state index in [1.165, 1.54) is 30.5 Å². The zero-order chi connectivity index (χ0) is 13.1. The molecule has 2 rings (SSSR count). The second-order valence-electron chi connectivity index (χ2n) is 3.50. The van der Waals surface area contributed by atoms with Crippen LogP contribution in [0.2, 0.25) is 10.0 Å². The molecule has 0 spiro atoms. The first-order valence-corrected chi connectivity index (χ1v) is 5.77. The zero-order valence-corrected chi connectivity index (χ0v) is 10.6. The number of hydrogen-bond donors (Lipinski definition) is 1. The number of ketones is 1. The highest BCUT2D eigenvalue weighted by molar-refractivity contribution is 6.35. The van der Waals surface area contributed by atoms with Gasteiger partial charge >= 0.3 is 0 Å². The number of carbonyl (C=O) groups excluding carboxylic acids is 1. The van der Waals surface area contributed by atoms with Gasteiger partial charge in [-0.25, -0.2) is 0 Å². The van der Waals surface area contributed by atoms with Gasteiger partial charge in [0.05, 0.1) is 11.3 Å². The van der Waals surface area contributed by atoms with Gasteiger partial charge in [0, 0.05) is 10.6 Å². The Labute approximate surface area is 113 Å². The van der Waals surface area contributed by atoms with Crippen molar-refractivity contribution in [3.8, 4) is 5.75 Å². The summed E-state index contributed by atoms with van der Waals surface area (Å²) in [6, 6.07) is 6.10. The molecule has 0 aliphatic rings. The average molecular weight is 283 g/mol. The van der Waals surface area contributed by atoms with Gasteiger partial charge in [-0.05, 0) is 36.4 Å². The van der Waals surface area contributed by atoms with E-state index >= 15 is 0 Å². The fourth-order valence-electron chi connectivity index (χ4n) is 1.38. The number of aromatic hydroxyl groups is 1. The van der Waals surface area contributed by atoms with Crippen LogP contribution in [0.3, 0.4) is 0 Å². The first kappa shape index (κ1) is 12.7. The van der Waals surface area contributed by atoms with Crippen molar-refractivity contribution in [2.24, 2.45) is 0 Å². The summed E-state index contributed by atoms with van der Waals surface area (Å²) >= 11 is 11.6. The summed E-state index contributed by atoms with van der Waals surface area (Å²) in [6.07, 6.45) is 4.12. The fourth-order valence-corrected chi connectivity index (χ4v) is 1.89. The van der Waals surface area contributed by atoms with E-state index in [0.29, 0.717) is 10.6 Å². The molecule has 0 saturated heterocycles. The van der Waals surface area contributed by atoms with Gasteiger partial charge in [-0.1, -0.05) is 23.2 Å². The Balaban J connectivity index is 2.27. The molecule has 0 aliphatic carbocycles. The quantitative estimate of drug-likeness (QED) is 0.678. The molecular weight excluding hydrogens is 275 g/mol. The smallest absolute Gasteiger partial charge is 0.221 e. The zero-order valence-electron chi connectivity index (χ0n) is 9.06. The van der Waals surface area contributed by atoms with E-state index in [4.69, 9.17) is 27.6 Å². The maximum Gasteiger partial charge on any atom is 0.221 e. The van der Waals surface area contributed by atoms with E-state index in [0.717, 1.165) is 0 Å². The summed E-state index contributed by atoms with van der Waals surface area (Å²) in [5.41, 5.74) is 0.368. The Morgan fingerprint density at radius 2 is 2.11 bits per heavy atom. The van der Waals surface area contributed by atoms with Crippen LogP contribution in [0, 0.1) is 0 Å². The van der Waals surface area contributed by atoms with Crippen LogP contribution in [0.25, 0.3) is 6.08 Å². The lowest BCUT2D eigenvalue weighted by Gasteiger charge is -2.02. The van der Waals surface area contributed by atoms with Gasteiger partial charge in [-0.2, -0.15) is 0 Å². The van der Waals surface area contributed by atoms with E-state index < -0.39 is 0 Å². The molecule has 92 valence electrons. The summed E-state index contributed by atoms with van der Waals surface area (Å²) in [5.74, 6) is -0.209. The van der Waals surface area contributed by atoms with Crippen LogP contribution in [0.4, 0.5) is 0 Å². The van der Waals surface area contributed by atoms with Crippen molar-refractivity contribution in [1.29, 1.82) is 0 Å². The summed E-state index contributed by atoms with van der Waals surface area (Å²) < 4.78 is 4.95. The molecule has 1 aromatic heterocycles. The molecule has 0 amide bonds. The van der Waals surface area contributed by atoms with Crippen LogP contribution in [-0.4, -0.2) is 10.9 Å². The molecule has 1 N–H and O–H groups in total. The molecule has 1 heterocycles. The van der Waals surface area contributed by atoms with Gasteiger partial charge < -0.3 is 9.52 Å². The van der Waals surface area contributed by atoms with E-state index in [2.05, 4.69) is 0 Å². The van der Waals surface area contributed by atoms with Crippen LogP contribution in [0.1, 0.15) is 16.1 Å². The predicted octanol–water partition coefficient (Wildman–Crippen LogP) is 4.19. The Bertz CT molecular complexity index is 601. The van der Waals surface area contributed by atoms with Crippen LogP contribution < -0.4 is 0 Å². The molecule has 0 fully saturated rings. The van der Waals surface area contributed by atoms with Crippen molar-refractivity contribution in [2.45, 2.75) is 0 Å². The van der Waals surface area contributed by atoms with Crippen molar-refractivity contribution in [3.63, 3.8) is 0 Å². The topological polar surface area (TPSA) is 50.4 Å². The molecule has 3 nitrogen and oxygen atoms in total. The molecule has 1 aromatic carbocycles. The van der Waals surface area contributed by atoms with Crippen molar-refractivity contribution < 1.29 is 14.3 Å². The molecule has 0 radical (unpaired) electrons. The van der Waals surface area contributed by atoms with E-state index in [1.807, 2.05) is 0 Å². The number of phenols is 1. The number of carbonyl (C=O) groups is 1. The maximum absolute atomic E-state index is 11.6. The minimum absolute atomic E-state index is 0.121. The molecule has 5 heteroatoms. The lowest BCUT2D eigenvalue weighted by Crippen LogP contribution is -1.90. The van der Waals surface area contributed by atoms with Crippen LogP contribution in [-0.2, 0) is 0 Å². The number of benzene rings is 1. The SMILES string of the molecule is O=C(/C=C/c1cc(Cl)cc(Cl)c1O)c1ccco1. The standard InChI is InChI=1S/C13H8Cl2O3/c14-9-6-8(13(17)10(15)7-9)3-4-11(16)12-2-1-5-18-12/h1-7,17H/b4-3+. The highest BCUT2D eigenvalue weighted by atomic mass is 35.5. The Hall–Kier alpha value is -1.71. The largest absolute Gasteiger partial charge is 0.506 e. The molecule has 18 heavy (non-hydrogen) atoms. The molecule has 0 unspecified atom stereocenters. The number of hydrogen-bond acceptors (Lipinski definition) is 3. The van der Waals surface area contributed by atoms with Gasteiger partial charge in [0.2, 0.25) is 5.78 Å². The van der Waals surface area contributed by atoms with Crippen LogP contribution in [0.5, 0.6) is 5.75 Å². The monoisotopic (exact) mass is 282 g/mol. The van der Waals surface area contributed by atoms with Crippen molar-refractivity contribution in [1.82, 2.24) is 0 Å². The molecule has 0 bridgehead atoms. The number of halogens is 2. The van der Waals surface area contributed by atoms with Crippen molar-refractivity contribution in [2.75, 3.05) is 0 Å². The van der Waals surface area contributed by atoms with Gasteiger partial charge in [0.25, 0.3) is 0 Å². The third kappa shape index (κ3) is 2.75. The van der Waals surface area contributed by atoms with Gasteiger partial charge in [-0.15, -0.1) is 0 Å². The predicted molar refractivity (Wildman–Crippen MR) is 70.2 cm³/mol. The third-order valence-corrected chi connectivity index (χ3v) is 2.74. The lowest BCUT2D eigenvalue weighted by atomic mass is 10.1. The third-order valence-electron chi connectivity index (χ3n) is 2.24. The number of rotatable bonds is 3. The molecule has 0 saturated carbocycles. The van der Waals surface area contributed by atoms with Crippen molar-refractivity contribution >= 4 is 35.1 Å². The van der Waals surface area contributed by atoms with Gasteiger partial charge in [-0.3, -0.25) is 4.79 Å². The fraction of sp³-hybridized carbons (Fsp3) is 0. The minimum Gasteiger partial charge on any atom is -0.506 e. The van der Waals surface area contributed by atoms with Gasteiger partial charge in [0.15, 0.2) is 5.76 Å². The Kier molecular flexibility index (Phi) is 3.75. The van der Waals surface area contributed by atoms with Crippen LogP contribution in [0.15, 0.2) is 41.0 Å². The summed E-state index contributed by atoms with van der Waals surface area (Å²) in [5, 5.41) is 10.2. The average Bonchev–Trinajstić information content (AvgIpc) is 2.85. The summed E-state index contributed by atoms with van der Waals surface area (Å²) in [6.45, 7) is 0. The Morgan fingerprint density at radius 1 is 1.33 bits per heavy atom. The molecule has 2 aromatic rings. The molecule has 0 aliphatic heterocycles. The van der Waals surface area contributed by atoms with Crippen molar-refractivity contribution in [3.05, 3.63) is 58.0 Å². The second kappa shape index (κ2) is 5.29. The highest BCUT2D eigenvalue weighted by Crippen LogP contribution is 2.31. The minimum atomic E-state index is -0.310. The molecule has 0 atom stereocenters. The molecular formula is C13H8Cl2O3. The highest BCUT2D eigenvalue weighted by Gasteiger charge is 2.07.